The average Bonchev–Trinajstić information content (AvgIpc) is 2.86. The summed E-state index contributed by atoms with van der Waals surface area (Å²) in [4.78, 5) is 4.37. The molecule has 0 atom stereocenters. The maximum atomic E-state index is 5.60. The monoisotopic (exact) mass is 247 g/mol. The molecule has 0 saturated carbocycles. The Kier molecular flexibility index (Phi) is 3.84. The van der Waals surface area contributed by atoms with Crippen LogP contribution in [0.5, 0.6) is 11.5 Å². The van der Waals surface area contributed by atoms with E-state index in [-0.39, 0.29) is 0 Å². The fourth-order valence-electron chi connectivity index (χ4n) is 1.93. The van der Waals surface area contributed by atoms with Gasteiger partial charge in [-0.05, 0) is 12.1 Å². The van der Waals surface area contributed by atoms with E-state index in [0.29, 0.717) is 13.1 Å². The van der Waals surface area contributed by atoms with E-state index in [1.165, 1.54) is 0 Å². The maximum Gasteiger partial charge on any atom is 0.147 e. The van der Waals surface area contributed by atoms with Crippen LogP contribution in [0, 0.1) is 0 Å². The van der Waals surface area contributed by atoms with E-state index in [9.17, 15) is 0 Å². The van der Waals surface area contributed by atoms with Gasteiger partial charge in [0.25, 0.3) is 0 Å². The van der Waals surface area contributed by atoms with Crippen LogP contribution in [-0.2, 0) is 6.54 Å². The van der Waals surface area contributed by atoms with E-state index in [4.69, 9.17) is 15.2 Å². The molecule has 1 aromatic heterocycles. The van der Waals surface area contributed by atoms with Gasteiger partial charge >= 0.3 is 0 Å². The molecule has 2 aromatic rings. The van der Waals surface area contributed by atoms with Crippen molar-refractivity contribution in [1.82, 2.24) is 9.55 Å². The first-order valence-corrected chi connectivity index (χ1v) is 5.74. The largest absolute Gasteiger partial charge is 0.496 e. The van der Waals surface area contributed by atoms with Crippen LogP contribution in [0.2, 0.25) is 0 Å². The molecule has 0 aliphatic carbocycles. The summed E-state index contributed by atoms with van der Waals surface area (Å²) in [6.07, 6.45) is 3.64. The molecule has 2 N–H and O–H groups in total. The van der Waals surface area contributed by atoms with Crippen molar-refractivity contribution in [2.45, 2.75) is 6.54 Å². The Balaban J connectivity index is 2.57. The number of aromatic nitrogens is 2. The highest BCUT2D eigenvalue weighted by atomic mass is 16.5. The molecule has 96 valence electrons. The summed E-state index contributed by atoms with van der Waals surface area (Å²) in [5, 5.41) is 0. The lowest BCUT2D eigenvalue weighted by atomic mass is 10.1. The van der Waals surface area contributed by atoms with Crippen LogP contribution in [0.1, 0.15) is 0 Å². The summed E-state index contributed by atoms with van der Waals surface area (Å²) in [6.45, 7) is 1.26. The fourth-order valence-corrected chi connectivity index (χ4v) is 1.93. The first kappa shape index (κ1) is 12.4. The van der Waals surface area contributed by atoms with Gasteiger partial charge in [-0.1, -0.05) is 6.07 Å². The van der Waals surface area contributed by atoms with Crippen molar-refractivity contribution in [2.75, 3.05) is 20.8 Å². The van der Waals surface area contributed by atoms with Crippen molar-refractivity contribution >= 4 is 0 Å². The molecule has 0 bridgehead atoms. The third-order valence-electron chi connectivity index (χ3n) is 2.74. The van der Waals surface area contributed by atoms with Crippen molar-refractivity contribution in [3.8, 4) is 22.9 Å². The highest BCUT2D eigenvalue weighted by Gasteiger charge is 2.16. The molecule has 0 spiro atoms. The smallest absolute Gasteiger partial charge is 0.147 e. The van der Waals surface area contributed by atoms with Crippen molar-refractivity contribution in [3.05, 3.63) is 30.6 Å². The molecule has 2 rings (SSSR count). The quantitative estimate of drug-likeness (QED) is 0.870. The minimum Gasteiger partial charge on any atom is -0.496 e. The SMILES string of the molecule is COc1cccc(OC)c1-c1nccn1CCN. The summed E-state index contributed by atoms with van der Waals surface area (Å²) < 4.78 is 12.7. The zero-order chi connectivity index (χ0) is 13.0. The lowest BCUT2D eigenvalue weighted by molar-refractivity contribution is 0.396. The fraction of sp³-hybridized carbons (Fsp3) is 0.308. The third kappa shape index (κ3) is 2.17. The molecule has 0 saturated heterocycles. The molecule has 1 aromatic carbocycles. The van der Waals surface area contributed by atoms with Gasteiger partial charge in [0.1, 0.15) is 22.9 Å². The van der Waals surface area contributed by atoms with Crippen molar-refractivity contribution < 1.29 is 9.47 Å². The van der Waals surface area contributed by atoms with Crippen LogP contribution in [0.4, 0.5) is 0 Å². The van der Waals surface area contributed by atoms with E-state index in [2.05, 4.69) is 4.98 Å². The van der Waals surface area contributed by atoms with Gasteiger partial charge in [0.2, 0.25) is 0 Å². The Bertz CT molecular complexity index is 500. The first-order chi connectivity index (χ1) is 8.81. The molecular formula is C13H17N3O2. The van der Waals surface area contributed by atoms with Gasteiger partial charge in [-0.2, -0.15) is 0 Å². The van der Waals surface area contributed by atoms with Gasteiger partial charge in [-0.3, -0.25) is 0 Å². The van der Waals surface area contributed by atoms with E-state index in [1.807, 2.05) is 29.0 Å². The Morgan fingerprint density at radius 2 is 1.89 bits per heavy atom. The number of benzene rings is 1. The summed E-state index contributed by atoms with van der Waals surface area (Å²) in [5.41, 5.74) is 6.44. The summed E-state index contributed by atoms with van der Waals surface area (Å²) in [5.74, 6) is 2.27. The highest BCUT2D eigenvalue weighted by Crippen LogP contribution is 2.37. The molecule has 0 aliphatic heterocycles. The number of methoxy groups -OCH3 is 2. The number of ether oxygens (including phenoxy) is 2. The van der Waals surface area contributed by atoms with Gasteiger partial charge < -0.3 is 19.8 Å². The Morgan fingerprint density at radius 1 is 1.22 bits per heavy atom. The molecular weight excluding hydrogens is 230 g/mol. The van der Waals surface area contributed by atoms with Crippen molar-refractivity contribution in [2.24, 2.45) is 5.73 Å². The average molecular weight is 247 g/mol. The van der Waals surface area contributed by atoms with Gasteiger partial charge in [0, 0.05) is 25.5 Å². The standard InChI is InChI=1S/C13H17N3O2/c1-17-10-4-3-5-11(18-2)12(10)13-15-7-9-16(13)8-6-14/h3-5,7,9H,6,8,14H2,1-2H3. The van der Waals surface area contributed by atoms with E-state index >= 15 is 0 Å². The predicted molar refractivity (Wildman–Crippen MR) is 69.8 cm³/mol. The van der Waals surface area contributed by atoms with Gasteiger partial charge in [-0.15, -0.1) is 0 Å². The number of rotatable bonds is 5. The number of nitrogens with two attached hydrogens (primary N) is 1. The Hall–Kier alpha value is -2.01. The first-order valence-electron chi connectivity index (χ1n) is 5.74. The normalized spacial score (nSPS) is 10.4. The minimum absolute atomic E-state index is 0.556. The highest BCUT2D eigenvalue weighted by molar-refractivity contribution is 5.72. The number of imidazole rings is 1. The number of hydrogen-bond acceptors (Lipinski definition) is 4. The van der Waals surface area contributed by atoms with Crippen LogP contribution in [0.3, 0.4) is 0 Å². The molecule has 0 aliphatic rings. The molecule has 0 fully saturated rings. The number of nitrogens with zero attached hydrogens (tertiary/aromatic N) is 2. The summed E-state index contributed by atoms with van der Waals surface area (Å²) in [7, 11) is 3.27. The molecule has 5 nitrogen and oxygen atoms in total. The third-order valence-corrected chi connectivity index (χ3v) is 2.74. The van der Waals surface area contributed by atoms with Crippen LogP contribution >= 0.6 is 0 Å². The van der Waals surface area contributed by atoms with E-state index in [1.54, 1.807) is 20.4 Å². The zero-order valence-electron chi connectivity index (χ0n) is 10.6. The van der Waals surface area contributed by atoms with Gasteiger partial charge in [-0.25, -0.2) is 4.98 Å². The van der Waals surface area contributed by atoms with E-state index < -0.39 is 0 Å². The molecule has 1 heterocycles. The molecule has 0 unspecified atom stereocenters. The second-order valence-electron chi connectivity index (χ2n) is 3.77. The maximum absolute atomic E-state index is 5.60. The van der Waals surface area contributed by atoms with Crippen LogP contribution in [0.15, 0.2) is 30.6 Å². The Morgan fingerprint density at radius 3 is 2.44 bits per heavy atom. The Labute approximate surface area is 106 Å². The predicted octanol–water partition coefficient (Wildman–Crippen LogP) is 1.53. The lowest BCUT2D eigenvalue weighted by Gasteiger charge is -2.13. The number of hydrogen-bond donors (Lipinski definition) is 1. The minimum atomic E-state index is 0.556. The van der Waals surface area contributed by atoms with Gasteiger partial charge in [0.15, 0.2) is 0 Å². The topological polar surface area (TPSA) is 62.3 Å². The van der Waals surface area contributed by atoms with Gasteiger partial charge in [0.05, 0.1) is 14.2 Å². The van der Waals surface area contributed by atoms with E-state index in [0.717, 1.165) is 22.9 Å². The second kappa shape index (κ2) is 5.55. The summed E-state index contributed by atoms with van der Waals surface area (Å²) in [6, 6.07) is 5.66. The molecule has 0 radical (unpaired) electrons. The van der Waals surface area contributed by atoms with Crippen molar-refractivity contribution in [3.63, 3.8) is 0 Å². The van der Waals surface area contributed by atoms with Crippen LogP contribution in [-0.4, -0.2) is 30.3 Å². The zero-order valence-corrected chi connectivity index (χ0v) is 10.6. The van der Waals surface area contributed by atoms with Crippen LogP contribution < -0.4 is 15.2 Å². The second-order valence-corrected chi connectivity index (χ2v) is 3.77. The lowest BCUT2D eigenvalue weighted by Crippen LogP contribution is -2.10. The van der Waals surface area contributed by atoms with Crippen molar-refractivity contribution in [1.29, 1.82) is 0 Å². The summed E-state index contributed by atoms with van der Waals surface area (Å²) >= 11 is 0. The molecule has 18 heavy (non-hydrogen) atoms. The molecule has 5 heteroatoms. The van der Waals surface area contributed by atoms with Crippen LogP contribution in [0.25, 0.3) is 11.4 Å². The molecule has 0 amide bonds.